The summed E-state index contributed by atoms with van der Waals surface area (Å²) in [7, 11) is 0. The number of carboxylic acids is 1. The Bertz CT molecular complexity index is 695. The molecule has 2 N–H and O–H groups in total. The average molecular weight is 336 g/mol. The highest BCUT2D eigenvalue weighted by molar-refractivity contribution is 5.85. The topological polar surface area (TPSA) is 107 Å². The quantitative estimate of drug-likeness (QED) is 0.850. The first-order valence-corrected chi connectivity index (χ1v) is 7.70. The minimum atomic E-state index is -0.996. The first-order chi connectivity index (χ1) is 11.2. The Balaban J connectivity index is 1.90. The molecule has 130 valence electrons. The zero-order chi connectivity index (χ0) is 17.5. The number of pyridine rings is 1. The fraction of sp³-hybridized carbons (Fsp3) is 0.562. The number of ether oxygens (including phenoxy) is 3. The summed E-state index contributed by atoms with van der Waals surface area (Å²) in [6.07, 6.45) is -1.23. The third-order valence-electron chi connectivity index (χ3n) is 3.81. The van der Waals surface area contributed by atoms with E-state index in [1.165, 1.54) is 0 Å². The predicted octanol–water partition coefficient (Wildman–Crippen LogP) is 1.98. The van der Waals surface area contributed by atoms with Crippen molar-refractivity contribution < 1.29 is 28.9 Å². The second-order valence-electron chi connectivity index (χ2n) is 6.80. The fourth-order valence-corrected chi connectivity index (χ4v) is 2.80. The molecule has 1 atom stereocenters. The van der Waals surface area contributed by atoms with Gasteiger partial charge in [-0.15, -0.1) is 0 Å². The van der Waals surface area contributed by atoms with Gasteiger partial charge < -0.3 is 19.3 Å². The van der Waals surface area contributed by atoms with E-state index < -0.39 is 23.8 Å². The van der Waals surface area contributed by atoms with Crippen molar-refractivity contribution in [3.05, 3.63) is 22.4 Å². The number of aliphatic carboxylic acids is 1. The lowest BCUT2D eigenvalue weighted by atomic mass is 9.95. The number of carboxylic acid groups (broad SMARTS) is 1. The average Bonchev–Trinajstić information content (AvgIpc) is 2.94. The molecule has 3 heterocycles. The molecule has 0 aromatic carbocycles. The number of hydrogen-bond acceptors (Lipinski definition) is 6. The Kier molecular flexibility index (Phi) is 4.18. The lowest BCUT2D eigenvalue weighted by Crippen LogP contribution is -2.32. The summed E-state index contributed by atoms with van der Waals surface area (Å²) in [5.74, 6) is -0.614. The van der Waals surface area contributed by atoms with Crippen molar-refractivity contribution in [2.24, 2.45) is 0 Å². The number of nitrogens with one attached hydrogen (secondary N) is 1. The Labute approximate surface area is 139 Å². The van der Waals surface area contributed by atoms with Crippen molar-refractivity contribution in [3.63, 3.8) is 0 Å². The van der Waals surface area contributed by atoms with Crippen LogP contribution in [0.15, 0.2) is 0 Å². The molecule has 0 bridgehead atoms. The monoisotopic (exact) mass is 336 g/mol. The van der Waals surface area contributed by atoms with Crippen LogP contribution in [0.5, 0.6) is 0 Å². The smallest absolute Gasteiger partial charge is 0.413 e. The molecule has 8 heteroatoms. The number of nitrogens with zero attached hydrogens (tertiary/aromatic N) is 1. The van der Waals surface area contributed by atoms with Gasteiger partial charge in [0.05, 0.1) is 25.5 Å². The second-order valence-corrected chi connectivity index (χ2v) is 6.80. The predicted molar refractivity (Wildman–Crippen MR) is 82.5 cm³/mol. The molecule has 0 radical (unpaired) electrons. The van der Waals surface area contributed by atoms with Crippen LogP contribution in [0.25, 0.3) is 0 Å². The van der Waals surface area contributed by atoms with Crippen molar-refractivity contribution >= 4 is 17.9 Å². The lowest BCUT2D eigenvalue weighted by molar-refractivity contribution is -0.152. The van der Waals surface area contributed by atoms with E-state index in [0.29, 0.717) is 24.7 Å². The highest BCUT2D eigenvalue weighted by Crippen LogP contribution is 2.34. The molecule has 2 aliphatic rings. The van der Waals surface area contributed by atoms with Crippen LogP contribution in [-0.2, 0) is 45.2 Å². The molecule has 0 spiro atoms. The Morgan fingerprint density at radius 3 is 2.58 bits per heavy atom. The largest absolute Gasteiger partial charge is 0.479 e. The third-order valence-corrected chi connectivity index (χ3v) is 3.81. The van der Waals surface area contributed by atoms with Crippen LogP contribution >= 0.6 is 0 Å². The van der Waals surface area contributed by atoms with Crippen LogP contribution in [0.4, 0.5) is 10.6 Å². The number of fused-ring (bicyclic) bond motifs is 3. The molecule has 0 unspecified atom stereocenters. The van der Waals surface area contributed by atoms with E-state index in [1.807, 2.05) is 0 Å². The van der Waals surface area contributed by atoms with E-state index >= 15 is 0 Å². The molecule has 8 nitrogen and oxygen atoms in total. The normalized spacial score (nSPS) is 19.4. The van der Waals surface area contributed by atoms with E-state index in [1.54, 1.807) is 20.8 Å². The van der Waals surface area contributed by atoms with Crippen molar-refractivity contribution in [3.8, 4) is 0 Å². The highest BCUT2D eigenvalue weighted by Gasteiger charge is 2.32. The molecule has 2 aliphatic heterocycles. The van der Waals surface area contributed by atoms with Gasteiger partial charge in [0.1, 0.15) is 11.4 Å². The summed E-state index contributed by atoms with van der Waals surface area (Å²) >= 11 is 0. The molecule has 1 amide bonds. The second kappa shape index (κ2) is 6.03. The zero-order valence-electron chi connectivity index (χ0n) is 13.8. The first-order valence-electron chi connectivity index (χ1n) is 7.70. The van der Waals surface area contributed by atoms with Gasteiger partial charge in [-0.3, -0.25) is 5.32 Å². The summed E-state index contributed by atoms with van der Waals surface area (Å²) < 4.78 is 16.1. The SMILES string of the molecule is CC(C)(C)OC(=O)Nc1nc2c(c3c1COC3)C[C@H](C(=O)O)OC2. The minimum Gasteiger partial charge on any atom is -0.479 e. The molecule has 1 aromatic heterocycles. The molecular formula is C16H20N2O6. The number of carbonyl (C=O) groups is 2. The van der Waals surface area contributed by atoms with Crippen LogP contribution in [0.2, 0.25) is 0 Å². The van der Waals surface area contributed by atoms with Gasteiger partial charge in [-0.05, 0) is 31.9 Å². The molecule has 0 saturated heterocycles. The van der Waals surface area contributed by atoms with Gasteiger partial charge in [-0.25, -0.2) is 14.6 Å². The summed E-state index contributed by atoms with van der Waals surface area (Å²) in [5.41, 5.74) is 2.51. The van der Waals surface area contributed by atoms with E-state index in [9.17, 15) is 9.59 Å². The standard InChI is InChI=1S/C16H20N2O6/c1-16(2,3)24-15(21)18-13-10-6-22-5-9(10)8-4-12(14(19)20)23-7-11(8)17-13/h12H,4-7H2,1-3H3,(H,19,20)(H,17,18,21)/t12-/m1/s1. The number of hydrogen-bond donors (Lipinski definition) is 2. The van der Waals surface area contributed by atoms with Crippen LogP contribution in [0.3, 0.4) is 0 Å². The van der Waals surface area contributed by atoms with Crippen molar-refractivity contribution in [2.75, 3.05) is 5.32 Å². The Morgan fingerprint density at radius 1 is 1.21 bits per heavy atom. The lowest BCUT2D eigenvalue weighted by Gasteiger charge is -2.25. The summed E-state index contributed by atoms with van der Waals surface area (Å²) in [5, 5.41) is 11.8. The third kappa shape index (κ3) is 3.34. The number of rotatable bonds is 2. The van der Waals surface area contributed by atoms with Crippen LogP contribution < -0.4 is 5.32 Å². The molecule has 1 aromatic rings. The fourth-order valence-electron chi connectivity index (χ4n) is 2.80. The Morgan fingerprint density at radius 2 is 1.92 bits per heavy atom. The number of carbonyl (C=O) groups excluding carboxylic acids is 1. The summed E-state index contributed by atoms with van der Waals surface area (Å²) in [4.78, 5) is 27.6. The van der Waals surface area contributed by atoms with Gasteiger partial charge in [-0.2, -0.15) is 0 Å². The van der Waals surface area contributed by atoms with Crippen molar-refractivity contribution in [1.29, 1.82) is 0 Å². The first kappa shape index (κ1) is 16.7. The zero-order valence-corrected chi connectivity index (χ0v) is 13.8. The van der Waals surface area contributed by atoms with Gasteiger partial charge in [0.15, 0.2) is 6.10 Å². The molecule has 0 fully saturated rings. The highest BCUT2D eigenvalue weighted by atomic mass is 16.6. The maximum atomic E-state index is 12.0. The number of aromatic nitrogens is 1. The van der Waals surface area contributed by atoms with Gasteiger partial charge in [-0.1, -0.05) is 0 Å². The maximum absolute atomic E-state index is 12.0. The molecule has 3 rings (SSSR count). The van der Waals surface area contributed by atoms with Gasteiger partial charge >= 0.3 is 12.1 Å². The van der Waals surface area contributed by atoms with Crippen LogP contribution in [0.1, 0.15) is 43.2 Å². The number of anilines is 1. The van der Waals surface area contributed by atoms with Crippen molar-refractivity contribution in [1.82, 2.24) is 4.98 Å². The van der Waals surface area contributed by atoms with Crippen molar-refractivity contribution in [2.45, 2.75) is 58.7 Å². The summed E-state index contributed by atoms with van der Waals surface area (Å²) in [6, 6.07) is 0. The van der Waals surface area contributed by atoms with Gasteiger partial charge in [0.2, 0.25) is 0 Å². The molecule has 24 heavy (non-hydrogen) atoms. The molecule has 0 aliphatic carbocycles. The van der Waals surface area contributed by atoms with E-state index in [4.69, 9.17) is 19.3 Å². The molecular weight excluding hydrogens is 316 g/mol. The summed E-state index contributed by atoms with van der Waals surface area (Å²) in [6.45, 7) is 6.11. The van der Waals surface area contributed by atoms with Gasteiger partial charge in [0, 0.05) is 12.0 Å². The minimum absolute atomic E-state index is 0.0859. The maximum Gasteiger partial charge on any atom is 0.413 e. The van der Waals surface area contributed by atoms with Crippen LogP contribution in [-0.4, -0.2) is 33.9 Å². The van der Waals surface area contributed by atoms with E-state index in [0.717, 1.165) is 16.7 Å². The Hall–Kier alpha value is -2.19. The van der Waals surface area contributed by atoms with E-state index in [-0.39, 0.29) is 13.0 Å². The molecule has 0 saturated carbocycles. The van der Waals surface area contributed by atoms with Gasteiger partial charge in [0.25, 0.3) is 0 Å². The van der Waals surface area contributed by atoms with Crippen LogP contribution in [0, 0.1) is 0 Å². The van der Waals surface area contributed by atoms with E-state index in [2.05, 4.69) is 10.3 Å². The number of amides is 1.